The van der Waals surface area contributed by atoms with Crippen LogP contribution in [0.5, 0.6) is 0 Å². The maximum atomic E-state index is 12.8. The average molecular weight is 313 g/mol. The van der Waals surface area contributed by atoms with Gasteiger partial charge in [-0.15, -0.1) is 0 Å². The number of nitrogens with one attached hydrogen (secondary N) is 1. The van der Waals surface area contributed by atoms with Gasteiger partial charge in [-0.3, -0.25) is 9.89 Å². The van der Waals surface area contributed by atoms with Crippen molar-refractivity contribution in [3.63, 3.8) is 0 Å². The van der Waals surface area contributed by atoms with Crippen LogP contribution in [0, 0.1) is 0 Å². The van der Waals surface area contributed by atoms with Gasteiger partial charge in [0.05, 0.1) is 0 Å². The van der Waals surface area contributed by atoms with Crippen LogP contribution in [0.1, 0.15) is 29.6 Å². The van der Waals surface area contributed by atoms with Crippen molar-refractivity contribution in [1.29, 1.82) is 0 Å². The van der Waals surface area contributed by atoms with Gasteiger partial charge in [-0.05, 0) is 39.1 Å². The summed E-state index contributed by atoms with van der Waals surface area (Å²) in [5.41, 5.74) is 1.66. The van der Waals surface area contributed by atoms with Crippen LogP contribution in [0.15, 0.2) is 30.6 Å². The molecule has 1 aliphatic heterocycles. The molecule has 2 heterocycles. The molecule has 1 amide bonds. The number of rotatable bonds is 3. The molecule has 1 unspecified atom stereocenters. The van der Waals surface area contributed by atoms with Crippen LogP contribution < -0.4 is 0 Å². The van der Waals surface area contributed by atoms with Crippen LogP contribution in [-0.4, -0.2) is 64.1 Å². The van der Waals surface area contributed by atoms with E-state index in [0.29, 0.717) is 11.9 Å². The third kappa shape index (κ3) is 3.59. The first-order chi connectivity index (χ1) is 11.1. The first kappa shape index (κ1) is 15.7. The summed E-state index contributed by atoms with van der Waals surface area (Å²) < 4.78 is 0. The predicted octanol–water partition coefficient (Wildman–Crippen LogP) is 2.03. The summed E-state index contributed by atoms with van der Waals surface area (Å²) in [4.78, 5) is 21.1. The molecule has 2 aromatic rings. The average Bonchev–Trinajstić information content (AvgIpc) is 2.98. The van der Waals surface area contributed by atoms with E-state index in [9.17, 15) is 4.79 Å². The molecule has 0 saturated carbocycles. The fourth-order valence-corrected chi connectivity index (χ4v) is 3.02. The second-order valence-electron chi connectivity index (χ2n) is 6.28. The zero-order valence-electron chi connectivity index (χ0n) is 13.7. The van der Waals surface area contributed by atoms with E-state index in [0.717, 1.165) is 37.1 Å². The van der Waals surface area contributed by atoms with Crippen molar-refractivity contribution >= 4 is 5.91 Å². The first-order valence-electron chi connectivity index (χ1n) is 8.06. The number of amides is 1. The van der Waals surface area contributed by atoms with Gasteiger partial charge in [-0.2, -0.15) is 5.10 Å². The number of hydrogen-bond donors (Lipinski definition) is 1. The van der Waals surface area contributed by atoms with E-state index in [2.05, 4.69) is 34.2 Å². The van der Waals surface area contributed by atoms with Gasteiger partial charge in [-0.25, -0.2) is 4.98 Å². The van der Waals surface area contributed by atoms with Crippen molar-refractivity contribution in [2.45, 2.75) is 25.3 Å². The van der Waals surface area contributed by atoms with Gasteiger partial charge < -0.3 is 9.80 Å². The summed E-state index contributed by atoms with van der Waals surface area (Å²) in [7, 11) is 4.18. The normalized spacial score (nSPS) is 18.9. The minimum atomic E-state index is 0.114. The lowest BCUT2D eigenvalue weighted by Crippen LogP contribution is -2.41. The maximum absolute atomic E-state index is 12.8. The number of benzene rings is 1. The van der Waals surface area contributed by atoms with Crippen molar-refractivity contribution in [1.82, 2.24) is 25.0 Å². The summed E-state index contributed by atoms with van der Waals surface area (Å²) in [6.45, 7) is 1.64. The molecule has 122 valence electrons. The number of aromatic amines is 1. The van der Waals surface area contributed by atoms with E-state index in [1.165, 1.54) is 12.7 Å². The summed E-state index contributed by atoms with van der Waals surface area (Å²) in [6, 6.07) is 8.00. The second kappa shape index (κ2) is 6.91. The Labute approximate surface area is 136 Å². The molecule has 0 bridgehead atoms. The molecule has 23 heavy (non-hydrogen) atoms. The Balaban J connectivity index is 1.74. The number of likely N-dealkylation sites (N-methyl/N-ethyl adjacent to an activating group) is 1. The van der Waals surface area contributed by atoms with Gasteiger partial charge in [0, 0.05) is 30.3 Å². The smallest absolute Gasteiger partial charge is 0.253 e. The van der Waals surface area contributed by atoms with Crippen LogP contribution in [0.3, 0.4) is 0 Å². The van der Waals surface area contributed by atoms with E-state index in [1.807, 2.05) is 29.2 Å². The molecule has 6 heteroatoms. The molecule has 1 N–H and O–H groups in total. The Kier molecular flexibility index (Phi) is 4.71. The third-order valence-corrected chi connectivity index (χ3v) is 4.48. The van der Waals surface area contributed by atoms with E-state index in [-0.39, 0.29) is 5.91 Å². The second-order valence-corrected chi connectivity index (χ2v) is 6.28. The van der Waals surface area contributed by atoms with E-state index < -0.39 is 0 Å². The van der Waals surface area contributed by atoms with Crippen molar-refractivity contribution in [2.75, 3.05) is 27.2 Å². The number of nitrogens with zero attached hydrogens (tertiary/aromatic N) is 4. The van der Waals surface area contributed by atoms with Gasteiger partial charge in [0.1, 0.15) is 6.33 Å². The highest BCUT2D eigenvalue weighted by atomic mass is 16.2. The fourth-order valence-electron chi connectivity index (χ4n) is 3.02. The topological polar surface area (TPSA) is 65.1 Å². The van der Waals surface area contributed by atoms with E-state index in [4.69, 9.17) is 0 Å². The summed E-state index contributed by atoms with van der Waals surface area (Å²) in [6.07, 6.45) is 4.89. The van der Waals surface area contributed by atoms with Crippen LogP contribution in [-0.2, 0) is 0 Å². The lowest BCUT2D eigenvalue weighted by atomic mass is 10.1. The quantitative estimate of drug-likeness (QED) is 0.941. The largest absolute Gasteiger partial charge is 0.337 e. The number of aromatic nitrogens is 3. The Morgan fingerprint density at radius 3 is 2.70 bits per heavy atom. The molecule has 1 fully saturated rings. The molecule has 6 nitrogen and oxygen atoms in total. The molecule has 1 aromatic heterocycles. The highest BCUT2D eigenvalue weighted by Gasteiger charge is 2.24. The molecular weight excluding hydrogens is 290 g/mol. The van der Waals surface area contributed by atoms with Crippen molar-refractivity contribution in [2.24, 2.45) is 0 Å². The van der Waals surface area contributed by atoms with Crippen LogP contribution in [0.4, 0.5) is 0 Å². The lowest BCUT2D eigenvalue weighted by Gasteiger charge is -2.28. The molecule has 1 saturated heterocycles. The molecule has 1 atom stereocenters. The van der Waals surface area contributed by atoms with Gasteiger partial charge in [-0.1, -0.05) is 18.6 Å². The highest BCUT2D eigenvalue weighted by Crippen LogP contribution is 2.19. The third-order valence-electron chi connectivity index (χ3n) is 4.48. The Morgan fingerprint density at radius 2 is 2.04 bits per heavy atom. The summed E-state index contributed by atoms with van der Waals surface area (Å²) >= 11 is 0. The van der Waals surface area contributed by atoms with Gasteiger partial charge in [0.25, 0.3) is 5.91 Å². The number of carbonyl (C=O) groups excluding carboxylic acids is 1. The predicted molar refractivity (Wildman–Crippen MR) is 89.0 cm³/mol. The van der Waals surface area contributed by atoms with Crippen molar-refractivity contribution in [3.05, 3.63) is 36.2 Å². The zero-order valence-corrected chi connectivity index (χ0v) is 13.7. The van der Waals surface area contributed by atoms with Crippen LogP contribution in [0.2, 0.25) is 0 Å². The van der Waals surface area contributed by atoms with Gasteiger partial charge in [0.2, 0.25) is 0 Å². The molecule has 1 aliphatic rings. The minimum Gasteiger partial charge on any atom is -0.337 e. The number of likely N-dealkylation sites (tertiary alicyclic amines) is 1. The van der Waals surface area contributed by atoms with Crippen molar-refractivity contribution < 1.29 is 4.79 Å². The molecule has 0 radical (unpaired) electrons. The van der Waals surface area contributed by atoms with Crippen molar-refractivity contribution in [3.8, 4) is 11.4 Å². The Bertz CT molecular complexity index is 636. The zero-order chi connectivity index (χ0) is 16.2. The first-order valence-corrected chi connectivity index (χ1v) is 8.06. The molecular formula is C17H23N5O. The van der Waals surface area contributed by atoms with Crippen LogP contribution >= 0.6 is 0 Å². The summed E-state index contributed by atoms with van der Waals surface area (Å²) in [5.74, 6) is 0.828. The summed E-state index contributed by atoms with van der Waals surface area (Å²) in [5, 5.41) is 6.68. The Hall–Kier alpha value is -2.21. The van der Waals surface area contributed by atoms with E-state index >= 15 is 0 Å². The molecule has 0 spiro atoms. The maximum Gasteiger partial charge on any atom is 0.253 e. The SMILES string of the molecule is CN(C)C1CCCCN(C(=O)c2ccc(-c3ncn[nH]3)cc2)C1. The molecule has 0 aliphatic carbocycles. The molecule has 1 aromatic carbocycles. The minimum absolute atomic E-state index is 0.114. The van der Waals surface area contributed by atoms with E-state index in [1.54, 1.807) is 0 Å². The van der Waals surface area contributed by atoms with Crippen LogP contribution in [0.25, 0.3) is 11.4 Å². The highest BCUT2D eigenvalue weighted by molar-refractivity contribution is 5.94. The number of carbonyl (C=O) groups is 1. The lowest BCUT2D eigenvalue weighted by molar-refractivity contribution is 0.0725. The van der Waals surface area contributed by atoms with Gasteiger partial charge >= 0.3 is 0 Å². The fraction of sp³-hybridized carbons (Fsp3) is 0.471. The molecule has 3 rings (SSSR count). The standard InChI is InChI=1S/C17H23N5O/c1-21(2)15-5-3-4-10-22(11-15)17(23)14-8-6-13(7-9-14)16-18-12-19-20-16/h6-9,12,15H,3-5,10-11H2,1-2H3,(H,18,19,20). The van der Waals surface area contributed by atoms with Gasteiger partial charge in [0.15, 0.2) is 5.82 Å². The number of hydrogen-bond acceptors (Lipinski definition) is 4. The monoisotopic (exact) mass is 313 g/mol. The number of H-pyrrole nitrogens is 1. The Morgan fingerprint density at radius 1 is 1.26 bits per heavy atom.